The van der Waals surface area contributed by atoms with E-state index in [0.717, 1.165) is 0 Å². The summed E-state index contributed by atoms with van der Waals surface area (Å²) in [7, 11) is 0. The van der Waals surface area contributed by atoms with E-state index in [4.69, 9.17) is 4.74 Å². The second-order valence-corrected chi connectivity index (χ2v) is 5.31. The van der Waals surface area contributed by atoms with Gasteiger partial charge in [-0.3, -0.25) is 0 Å². The number of halogens is 1. The highest BCUT2D eigenvalue weighted by atomic mass is 19.1. The molecule has 2 aromatic heterocycles. The van der Waals surface area contributed by atoms with Gasteiger partial charge in [0, 0.05) is 12.7 Å². The van der Waals surface area contributed by atoms with E-state index in [9.17, 15) is 14.3 Å². The van der Waals surface area contributed by atoms with Gasteiger partial charge in [0.1, 0.15) is 22.9 Å². The lowest BCUT2D eigenvalue weighted by atomic mass is 10.1. The number of anilines is 1. The van der Waals surface area contributed by atoms with Crippen molar-refractivity contribution in [2.45, 2.75) is 13.3 Å². The third kappa shape index (κ3) is 3.68. The highest BCUT2D eigenvalue weighted by molar-refractivity contribution is 5.95. The maximum atomic E-state index is 13.2. The Morgan fingerprint density at radius 2 is 2.24 bits per heavy atom. The highest BCUT2D eigenvalue weighted by Gasteiger charge is 2.15. The number of phenols is 1. The van der Waals surface area contributed by atoms with Crippen molar-refractivity contribution in [3.8, 4) is 5.75 Å². The molecule has 0 aliphatic carbocycles. The highest BCUT2D eigenvalue weighted by Crippen LogP contribution is 2.18. The topological polar surface area (TPSA) is 88.8 Å². The monoisotopic (exact) mass is 344 g/mol. The molecule has 0 aliphatic heterocycles. The Hall–Kier alpha value is -3.16. The van der Waals surface area contributed by atoms with Crippen LogP contribution >= 0.6 is 0 Å². The lowest BCUT2D eigenvalue weighted by Gasteiger charge is -2.08. The van der Waals surface area contributed by atoms with Crippen LogP contribution in [0.5, 0.6) is 5.75 Å². The largest absolute Gasteiger partial charge is 0.508 e. The Bertz CT molecular complexity index is 910. The summed E-state index contributed by atoms with van der Waals surface area (Å²) in [6, 6.07) is 5.54. The minimum atomic E-state index is -0.480. The van der Waals surface area contributed by atoms with E-state index in [1.807, 2.05) is 0 Å². The summed E-state index contributed by atoms with van der Waals surface area (Å²) < 4.78 is 19.7. The fourth-order valence-corrected chi connectivity index (χ4v) is 2.40. The first-order valence-electron chi connectivity index (χ1n) is 7.81. The van der Waals surface area contributed by atoms with Gasteiger partial charge in [-0.1, -0.05) is 0 Å². The minimum Gasteiger partial charge on any atom is -0.508 e. The number of esters is 1. The number of ether oxygens (including phenoxy) is 1. The Kier molecular flexibility index (Phi) is 4.78. The van der Waals surface area contributed by atoms with E-state index in [1.54, 1.807) is 19.2 Å². The average Bonchev–Trinajstić information content (AvgIpc) is 3.01. The van der Waals surface area contributed by atoms with Gasteiger partial charge < -0.3 is 15.2 Å². The molecule has 0 unspecified atom stereocenters. The Morgan fingerprint density at radius 1 is 1.40 bits per heavy atom. The number of benzene rings is 1. The quantitative estimate of drug-likeness (QED) is 0.668. The lowest BCUT2D eigenvalue weighted by molar-refractivity contribution is 0.0528. The van der Waals surface area contributed by atoms with Crippen molar-refractivity contribution in [1.82, 2.24) is 14.6 Å². The fourth-order valence-electron chi connectivity index (χ4n) is 2.40. The van der Waals surface area contributed by atoms with Crippen LogP contribution in [0.1, 0.15) is 22.8 Å². The zero-order valence-electron chi connectivity index (χ0n) is 13.6. The first-order valence-corrected chi connectivity index (χ1v) is 7.81. The van der Waals surface area contributed by atoms with E-state index >= 15 is 0 Å². The van der Waals surface area contributed by atoms with E-state index in [2.05, 4.69) is 15.4 Å². The first kappa shape index (κ1) is 16.7. The standard InChI is InChI=1S/C17H17FN4O3/c1-2-25-17(24)13-10-20-22-8-6-15(21-16(13)22)19-7-5-11-9-12(18)3-4-14(11)23/h3-4,6,8-10,23H,2,5,7H2,1H3,(H,19,21). The molecule has 0 bridgehead atoms. The number of nitrogens with one attached hydrogen (secondary N) is 1. The second-order valence-electron chi connectivity index (χ2n) is 5.31. The average molecular weight is 344 g/mol. The number of phenolic OH excluding ortho intramolecular Hbond substituents is 1. The van der Waals surface area contributed by atoms with Gasteiger partial charge in [-0.2, -0.15) is 5.10 Å². The predicted molar refractivity (Wildman–Crippen MR) is 89.2 cm³/mol. The van der Waals surface area contributed by atoms with E-state index in [0.29, 0.717) is 30.0 Å². The van der Waals surface area contributed by atoms with E-state index in [1.165, 1.54) is 28.9 Å². The molecule has 2 heterocycles. The molecule has 3 rings (SSSR count). The Morgan fingerprint density at radius 3 is 3.04 bits per heavy atom. The number of carbonyl (C=O) groups excluding carboxylic acids is 1. The molecule has 0 aliphatic rings. The molecule has 2 N–H and O–H groups in total. The number of nitrogens with zero attached hydrogens (tertiary/aromatic N) is 3. The van der Waals surface area contributed by atoms with Gasteiger partial charge in [0.05, 0.1) is 12.8 Å². The molecular formula is C17H17FN4O3. The molecule has 130 valence electrons. The maximum Gasteiger partial charge on any atom is 0.343 e. The molecule has 0 radical (unpaired) electrons. The summed E-state index contributed by atoms with van der Waals surface area (Å²) in [6.45, 7) is 2.43. The zero-order chi connectivity index (χ0) is 17.8. The van der Waals surface area contributed by atoms with Crippen LogP contribution in [0.15, 0.2) is 36.7 Å². The molecule has 3 aromatic rings. The summed E-state index contributed by atoms with van der Waals surface area (Å²) in [6.07, 6.45) is 3.50. The summed E-state index contributed by atoms with van der Waals surface area (Å²) >= 11 is 0. The van der Waals surface area contributed by atoms with E-state index in [-0.39, 0.29) is 17.9 Å². The Labute approximate surface area is 143 Å². The van der Waals surface area contributed by atoms with Crippen LogP contribution in [0.25, 0.3) is 5.65 Å². The number of fused-ring (bicyclic) bond motifs is 1. The van der Waals surface area contributed by atoms with Gasteiger partial charge in [0.25, 0.3) is 0 Å². The smallest absolute Gasteiger partial charge is 0.343 e. The van der Waals surface area contributed by atoms with Crippen molar-refractivity contribution in [3.63, 3.8) is 0 Å². The summed E-state index contributed by atoms with van der Waals surface area (Å²) in [4.78, 5) is 16.3. The van der Waals surface area contributed by atoms with Crippen LogP contribution < -0.4 is 5.32 Å². The van der Waals surface area contributed by atoms with Gasteiger partial charge in [-0.05, 0) is 43.2 Å². The summed E-state index contributed by atoms with van der Waals surface area (Å²) in [5.74, 6) is -0.293. The number of aromatic nitrogens is 3. The van der Waals surface area contributed by atoms with Crippen LogP contribution in [-0.4, -0.2) is 38.8 Å². The lowest BCUT2D eigenvalue weighted by Crippen LogP contribution is -2.09. The number of carbonyl (C=O) groups is 1. The van der Waals surface area contributed by atoms with Crippen LogP contribution in [0.2, 0.25) is 0 Å². The molecule has 25 heavy (non-hydrogen) atoms. The third-order valence-corrected chi connectivity index (χ3v) is 3.61. The Balaban J connectivity index is 1.72. The van der Waals surface area contributed by atoms with Crippen molar-refractivity contribution in [2.75, 3.05) is 18.5 Å². The van der Waals surface area contributed by atoms with Gasteiger partial charge in [0.2, 0.25) is 0 Å². The SMILES string of the molecule is CCOC(=O)c1cnn2ccc(NCCc3cc(F)ccc3O)nc12. The van der Waals surface area contributed by atoms with E-state index < -0.39 is 11.8 Å². The van der Waals surface area contributed by atoms with Crippen LogP contribution in [0.4, 0.5) is 10.2 Å². The maximum absolute atomic E-state index is 13.2. The zero-order valence-corrected chi connectivity index (χ0v) is 13.6. The minimum absolute atomic E-state index is 0.0481. The molecule has 8 heteroatoms. The van der Waals surface area contributed by atoms with Crippen molar-refractivity contribution >= 4 is 17.4 Å². The molecule has 0 saturated carbocycles. The molecule has 0 atom stereocenters. The van der Waals surface area contributed by atoms with Crippen molar-refractivity contribution in [2.24, 2.45) is 0 Å². The second kappa shape index (κ2) is 7.16. The molecule has 1 aromatic carbocycles. The van der Waals surface area contributed by atoms with Gasteiger partial charge in [0.15, 0.2) is 5.65 Å². The summed E-state index contributed by atoms with van der Waals surface area (Å²) in [5, 5.41) is 16.9. The molecule has 7 nitrogen and oxygen atoms in total. The van der Waals surface area contributed by atoms with Crippen molar-refractivity contribution in [1.29, 1.82) is 0 Å². The van der Waals surface area contributed by atoms with Crippen LogP contribution in [0, 0.1) is 5.82 Å². The van der Waals surface area contributed by atoms with Gasteiger partial charge in [-0.15, -0.1) is 0 Å². The summed E-state index contributed by atoms with van der Waals surface area (Å²) in [5.41, 5.74) is 1.18. The third-order valence-electron chi connectivity index (χ3n) is 3.61. The van der Waals surface area contributed by atoms with Gasteiger partial charge >= 0.3 is 5.97 Å². The van der Waals surface area contributed by atoms with Crippen molar-refractivity contribution in [3.05, 3.63) is 53.6 Å². The van der Waals surface area contributed by atoms with Crippen LogP contribution in [0.3, 0.4) is 0 Å². The predicted octanol–water partition coefficient (Wildman–Crippen LogP) is 2.41. The number of hydrogen-bond acceptors (Lipinski definition) is 6. The molecular weight excluding hydrogens is 327 g/mol. The fraction of sp³-hybridized carbons (Fsp3) is 0.235. The normalized spacial score (nSPS) is 10.8. The van der Waals surface area contributed by atoms with Crippen LogP contribution in [-0.2, 0) is 11.2 Å². The number of hydrogen-bond donors (Lipinski definition) is 2. The molecule has 0 saturated heterocycles. The molecule has 0 spiro atoms. The molecule has 0 amide bonds. The number of rotatable bonds is 6. The molecule has 0 fully saturated rings. The van der Waals surface area contributed by atoms with Crippen molar-refractivity contribution < 1.29 is 19.0 Å². The first-order chi connectivity index (χ1) is 12.1. The van der Waals surface area contributed by atoms with Gasteiger partial charge in [-0.25, -0.2) is 18.7 Å². The number of aromatic hydroxyl groups is 1.